The average Bonchev–Trinajstić information content (AvgIpc) is 2.19. The van der Waals surface area contributed by atoms with Crippen molar-refractivity contribution >= 4 is 11.4 Å². The first kappa shape index (κ1) is 12.1. The van der Waals surface area contributed by atoms with Crippen molar-refractivity contribution in [2.75, 3.05) is 17.6 Å². The van der Waals surface area contributed by atoms with Crippen LogP contribution in [-0.4, -0.2) is 12.6 Å². The van der Waals surface area contributed by atoms with Gasteiger partial charge in [-0.25, -0.2) is 0 Å². The smallest absolute Gasteiger partial charge is 0.144 e. The Bertz CT molecular complexity index is 372. The standard InChI is InChI=1S/C14H22N2O/c1-10(2)17-14-8-12(6-7-13(14)15)16-9-11-4-3-5-11/h6-8,10-11,16H,3-5,9,15H2,1-2H3. The Kier molecular flexibility index (Phi) is 3.77. The Morgan fingerprint density at radius 3 is 2.76 bits per heavy atom. The molecule has 1 aliphatic rings. The van der Waals surface area contributed by atoms with Gasteiger partial charge in [0.2, 0.25) is 0 Å². The molecular weight excluding hydrogens is 212 g/mol. The SMILES string of the molecule is CC(C)Oc1cc(NCC2CCC2)ccc1N. The number of ether oxygens (including phenoxy) is 1. The third-order valence-electron chi connectivity index (χ3n) is 3.20. The molecule has 1 aromatic rings. The summed E-state index contributed by atoms with van der Waals surface area (Å²) in [6.45, 7) is 5.08. The zero-order valence-electron chi connectivity index (χ0n) is 10.7. The number of anilines is 2. The molecule has 1 aliphatic carbocycles. The molecule has 0 spiro atoms. The Hall–Kier alpha value is -1.38. The van der Waals surface area contributed by atoms with Crippen LogP contribution in [0.5, 0.6) is 5.75 Å². The van der Waals surface area contributed by atoms with Crippen LogP contribution in [0.4, 0.5) is 11.4 Å². The summed E-state index contributed by atoms with van der Waals surface area (Å²) in [5, 5.41) is 3.45. The molecule has 0 aromatic heterocycles. The molecule has 3 N–H and O–H groups in total. The zero-order valence-corrected chi connectivity index (χ0v) is 10.7. The van der Waals surface area contributed by atoms with Gasteiger partial charge in [-0.3, -0.25) is 0 Å². The molecule has 2 rings (SSSR count). The number of benzene rings is 1. The van der Waals surface area contributed by atoms with E-state index in [-0.39, 0.29) is 6.10 Å². The van der Waals surface area contributed by atoms with Crippen LogP contribution < -0.4 is 15.8 Å². The molecule has 0 atom stereocenters. The van der Waals surface area contributed by atoms with E-state index in [4.69, 9.17) is 10.5 Å². The second-order valence-electron chi connectivity index (χ2n) is 5.10. The summed E-state index contributed by atoms with van der Waals surface area (Å²) in [5.74, 6) is 1.63. The quantitative estimate of drug-likeness (QED) is 0.769. The molecule has 17 heavy (non-hydrogen) atoms. The normalized spacial score (nSPS) is 15.7. The first-order chi connectivity index (χ1) is 8.15. The van der Waals surface area contributed by atoms with Gasteiger partial charge in [0.15, 0.2) is 0 Å². The van der Waals surface area contributed by atoms with Gasteiger partial charge in [-0.1, -0.05) is 6.42 Å². The van der Waals surface area contributed by atoms with Crippen molar-refractivity contribution < 1.29 is 4.74 Å². The van der Waals surface area contributed by atoms with Gasteiger partial charge >= 0.3 is 0 Å². The second kappa shape index (κ2) is 5.30. The van der Waals surface area contributed by atoms with Gasteiger partial charge in [0.05, 0.1) is 11.8 Å². The molecule has 1 saturated carbocycles. The fourth-order valence-corrected chi connectivity index (χ4v) is 1.96. The van der Waals surface area contributed by atoms with Crippen LogP contribution >= 0.6 is 0 Å². The lowest BCUT2D eigenvalue weighted by Gasteiger charge is -2.26. The molecule has 0 saturated heterocycles. The van der Waals surface area contributed by atoms with Crippen LogP contribution in [0.3, 0.4) is 0 Å². The van der Waals surface area contributed by atoms with Crippen LogP contribution in [0.25, 0.3) is 0 Å². The first-order valence-corrected chi connectivity index (χ1v) is 6.45. The Morgan fingerprint density at radius 1 is 1.41 bits per heavy atom. The molecule has 3 nitrogen and oxygen atoms in total. The summed E-state index contributed by atoms with van der Waals surface area (Å²) < 4.78 is 5.67. The van der Waals surface area contributed by atoms with Crippen molar-refractivity contribution in [3.05, 3.63) is 18.2 Å². The van der Waals surface area contributed by atoms with Gasteiger partial charge in [-0.15, -0.1) is 0 Å². The van der Waals surface area contributed by atoms with Gasteiger partial charge in [-0.05, 0) is 44.7 Å². The Morgan fingerprint density at radius 2 is 2.18 bits per heavy atom. The number of nitrogens with two attached hydrogens (primary N) is 1. The highest BCUT2D eigenvalue weighted by Gasteiger charge is 2.16. The summed E-state index contributed by atoms with van der Waals surface area (Å²) in [7, 11) is 0. The highest BCUT2D eigenvalue weighted by atomic mass is 16.5. The minimum absolute atomic E-state index is 0.152. The third kappa shape index (κ3) is 3.29. The van der Waals surface area contributed by atoms with Crippen molar-refractivity contribution in [2.24, 2.45) is 5.92 Å². The molecule has 94 valence electrons. The molecule has 0 heterocycles. The van der Waals surface area contributed by atoms with Crippen LogP contribution in [0.15, 0.2) is 18.2 Å². The predicted octanol–water partition coefficient (Wildman–Crippen LogP) is 3.27. The monoisotopic (exact) mass is 234 g/mol. The Labute approximate surface area is 103 Å². The van der Waals surface area contributed by atoms with Crippen molar-refractivity contribution in [3.63, 3.8) is 0 Å². The lowest BCUT2D eigenvalue weighted by molar-refractivity contribution is 0.244. The van der Waals surface area contributed by atoms with Gasteiger partial charge in [0.25, 0.3) is 0 Å². The molecule has 0 bridgehead atoms. The highest BCUT2D eigenvalue weighted by molar-refractivity contribution is 5.61. The largest absolute Gasteiger partial charge is 0.489 e. The first-order valence-electron chi connectivity index (χ1n) is 6.45. The number of rotatable bonds is 5. The fraction of sp³-hybridized carbons (Fsp3) is 0.571. The summed E-state index contributed by atoms with van der Waals surface area (Å²) >= 11 is 0. The van der Waals surface area contributed by atoms with Gasteiger partial charge in [0, 0.05) is 18.3 Å². The van der Waals surface area contributed by atoms with E-state index >= 15 is 0 Å². The average molecular weight is 234 g/mol. The number of nitrogens with one attached hydrogen (secondary N) is 1. The predicted molar refractivity (Wildman–Crippen MR) is 72.4 cm³/mol. The molecule has 0 unspecified atom stereocenters. The third-order valence-corrected chi connectivity index (χ3v) is 3.20. The van der Waals surface area contributed by atoms with E-state index in [0.717, 1.165) is 23.9 Å². The molecule has 1 fully saturated rings. The maximum Gasteiger partial charge on any atom is 0.144 e. The maximum absolute atomic E-state index is 5.88. The number of nitrogen functional groups attached to an aromatic ring is 1. The second-order valence-corrected chi connectivity index (χ2v) is 5.10. The number of hydrogen-bond acceptors (Lipinski definition) is 3. The topological polar surface area (TPSA) is 47.3 Å². The highest BCUT2D eigenvalue weighted by Crippen LogP contribution is 2.29. The summed E-state index contributed by atoms with van der Waals surface area (Å²) in [6, 6.07) is 5.91. The Balaban J connectivity index is 1.96. The number of hydrogen-bond donors (Lipinski definition) is 2. The maximum atomic E-state index is 5.88. The van der Waals surface area contributed by atoms with Crippen LogP contribution in [0.2, 0.25) is 0 Å². The molecule has 1 aromatic carbocycles. The minimum Gasteiger partial charge on any atom is -0.489 e. The van der Waals surface area contributed by atoms with Crippen LogP contribution in [0, 0.1) is 5.92 Å². The van der Waals surface area contributed by atoms with Gasteiger partial charge in [-0.2, -0.15) is 0 Å². The molecule has 3 heteroatoms. The van der Waals surface area contributed by atoms with Crippen molar-refractivity contribution in [1.82, 2.24) is 0 Å². The van der Waals surface area contributed by atoms with E-state index in [1.54, 1.807) is 0 Å². The van der Waals surface area contributed by atoms with Gasteiger partial charge < -0.3 is 15.8 Å². The summed E-state index contributed by atoms with van der Waals surface area (Å²) in [6.07, 6.45) is 4.25. The van der Waals surface area contributed by atoms with Crippen LogP contribution in [-0.2, 0) is 0 Å². The molecule has 0 amide bonds. The van der Waals surface area contributed by atoms with E-state index in [2.05, 4.69) is 5.32 Å². The van der Waals surface area contributed by atoms with Crippen molar-refractivity contribution in [2.45, 2.75) is 39.2 Å². The van der Waals surface area contributed by atoms with E-state index in [1.807, 2.05) is 32.0 Å². The lowest BCUT2D eigenvalue weighted by atomic mass is 9.85. The zero-order chi connectivity index (χ0) is 12.3. The lowest BCUT2D eigenvalue weighted by Crippen LogP contribution is -2.20. The molecule has 0 radical (unpaired) electrons. The van der Waals surface area contributed by atoms with Crippen LogP contribution in [0.1, 0.15) is 33.1 Å². The van der Waals surface area contributed by atoms with E-state index < -0.39 is 0 Å². The summed E-state index contributed by atoms with van der Waals surface area (Å²) in [5.41, 5.74) is 7.68. The fourth-order valence-electron chi connectivity index (χ4n) is 1.96. The van der Waals surface area contributed by atoms with Crippen molar-refractivity contribution in [3.8, 4) is 5.75 Å². The van der Waals surface area contributed by atoms with Crippen molar-refractivity contribution in [1.29, 1.82) is 0 Å². The van der Waals surface area contributed by atoms with Gasteiger partial charge in [0.1, 0.15) is 5.75 Å². The minimum atomic E-state index is 0.152. The molecule has 0 aliphatic heterocycles. The van der Waals surface area contributed by atoms with E-state index in [1.165, 1.54) is 19.3 Å². The molecular formula is C14H22N2O. The summed E-state index contributed by atoms with van der Waals surface area (Å²) in [4.78, 5) is 0. The van der Waals surface area contributed by atoms with E-state index in [9.17, 15) is 0 Å². The van der Waals surface area contributed by atoms with E-state index in [0.29, 0.717) is 5.69 Å².